The molecule has 3 rings (SSSR count). The van der Waals surface area contributed by atoms with Gasteiger partial charge < -0.3 is 9.73 Å². The highest BCUT2D eigenvalue weighted by Gasteiger charge is 2.15. The Hall–Kier alpha value is -2.66. The minimum atomic E-state index is -0.461. The normalized spacial score (nSPS) is 10.5. The Morgan fingerprint density at radius 2 is 1.96 bits per heavy atom. The minimum Gasteiger partial charge on any atom is -0.417 e. The van der Waals surface area contributed by atoms with Gasteiger partial charge in [0.1, 0.15) is 0 Å². The smallest absolute Gasteiger partial charge is 0.313 e. The van der Waals surface area contributed by atoms with Crippen LogP contribution in [0.25, 0.3) is 0 Å². The maximum atomic E-state index is 12.1. The molecule has 0 saturated carbocycles. The van der Waals surface area contributed by atoms with Crippen LogP contribution >= 0.6 is 11.6 Å². The summed E-state index contributed by atoms with van der Waals surface area (Å²) in [5.74, 6) is -0.146. The van der Waals surface area contributed by atoms with Crippen molar-refractivity contribution in [1.82, 2.24) is 10.2 Å². The van der Waals surface area contributed by atoms with Gasteiger partial charge in [0.05, 0.1) is 6.42 Å². The fourth-order valence-electron chi connectivity index (χ4n) is 2.04. The number of benzene rings is 2. The Balaban J connectivity index is 1.69. The number of aryl methyl sites for hydroxylation is 1. The van der Waals surface area contributed by atoms with Crippen molar-refractivity contribution in [3.05, 3.63) is 76.5 Å². The average molecular weight is 328 g/mol. The number of hydrogen-bond donors (Lipinski definition) is 1. The maximum Gasteiger partial charge on any atom is 0.313 e. The van der Waals surface area contributed by atoms with Gasteiger partial charge in [-0.2, -0.15) is 0 Å². The van der Waals surface area contributed by atoms with Crippen LogP contribution in [0.2, 0.25) is 5.02 Å². The van der Waals surface area contributed by atoms with Gasteiger partial charge >= 0.3 is 11.8 Å². The number of hydrogen-bond acceptors (Lipinski definition) is 4. The van der Waals surface area contributed by atoms with Crippen LogP contribution in [0, 0.1) is 6.92 Å². The lowest BCUT2D eigenvalue weighted by atomic mass is 10.2. The second kappa shape index (κ2) is 6.62. The number of halogens is 1. The third-order valence-corrected chi connectivity index (χ3v) is 3.70. The molecule has 0 bridgehead atoms. The quantitative estimate of drug-likeness (QED) is 0.789. The minimum absolute atomic E-state index is 0.0763. The number of rotatable bonds is 4. The van der Waals surface area contributed by atoms with Crippen LogP contribution < -0.4 is 5.32 Å². The molecule has 116 valence electrons. The largest absolute Gasteiger partial charge is 0.417 e. The van der Waals surface area contributed by atoms with Crippen LogP contribution in [0.4, 0.5) is 5.69 Å². The average Bonchev–Trinajstić information content (AvgIpc) is 3.00. The summed E-state index contributed by atoms with van der Waals surface area (Å²) in [6.07, 6.45) is 0.484. The van der Waals surface area contributed by atoms with E-state index in [9.17, 15) is 4.79 Å². The monoisotopic (exact) mass is 327 g/mol. The van der Waals surface area contributed by atoms with E-state index in [1.807, 2.05) is 43.3 Å². The second-order valence-corrected chi connectivity index (χ2v) is 5.49. The van der Waals surface area contributed by atoms with Crippen molar-refractivity contribution in [3.8, 4) is 0 Å². The molecule has 1 aromatic heterocycles. The van der Waals surface area contributed by atoms with Crippen molar-refractivity contribution in [2.75, 3.05) is 5.32 Å². The van der Waals surface area contributed by atoms with Crippen molar-refractivity contribution in [1.29, 1.82) is 0 Å². The first kappa shape index (κ1) is 15.2. The summed E-state index contributed by atoms with van der Waals surface area (Å²) in [6.45, 7) is 1.89. The van der Waals surface area contributed by atoms with E-state index in [2.05, 4.69) is 15.5 Å². The molecule has 1 heterocycles. The van der Waals surface area contributed by atoms with Crippen LogP contribution in [0.1, 0.15) is 27.7 Å². The number of nitrogens with zero attached hydrogens (tertiary/aromatic N) is 2. The van der Waals surface area contributed by atoms with Gasteiger partial charge in [0.25, 0.3) is 0 Å². The lowest BCUT2D eigenvalue weighted by Gasteiger charge is -2.04. The highest BCUT2D eigenvalue weighted by molar-refractivity contribution is 6.31. The Morgan fingerprint density at radius 3 is 2.70 bits per heavy atom. The molecule has 0 spiro atoms. The van der Waals surface area contributed by atoms with E-state index < -0.39 is 5.91 Å². The third-order valence-electron chi connectivity index (χ3n) is 3.29. The summed E-state index contributed by atoms with van der Waals surface area (Å²) in [5, 5.41) is 11.0. The summed E-state index contributed by atoms with van der Waals surface area (Å²) in [6, 6.07) is 15.0. The van der Waals surface area contributed by atoms with E-state index >= 15 is 0 Å². The first-order chi connectivity index (χ1) is 11.1. The number of aromatic nitrogens is 2. The number of anilines is 1. The molecule has 23 heavy (non-hydrogen) atoms. The van der Waals surface area contributed by atoms with Crippen LogP contribution in [-0.4, -0.2) is 16.1 Å². The predicted octanol–water partition coefficient (Wildman–Crippen LogP) is 3.87. The highest BCUT2D eigenvalue weighted by Crippen LogP contribution is 2.20. The van der Waals surface area contributed by atoms with E-state index in [0.29, 0.717) is 23.0 Å². The zero-order valence-corrected chi connectivity index (χ0v) is 13.2. The lowest BCUT2D eigenvalue weighted by molar-refractivity contribution is 0.0988. The fraction of sp³-hybridized carbons (Fsp3) is 0.118. The van der Waals surface area contributed by atoms with E-state index in [4.69, 9.17) is 16.0 Å². The van der Waals surface area contributed by atoms with Gasteiger partial charge in [-0.3, -0.25) is 4.79 Å². The molecule has 5 nitrogen and oxygen atoms in total. The van der Waals surface area contributed by atoms with Crippen molar-refractivity contribution in [2.45, 2.75) is 13.3 Å². The first-order valence-electron chi connectivity index (χ1n) is 7.05. The predicted molar refractivity (Wildman–Crippen MR) is 87.7 cm³/mol. The molecule has 2 aromatic carbocycles. The Kier molecular flexibility index (Phi) is 4.39. The molecule has 1 amide bonds. The molecule has 0 aliphatic heterocycles. The molecule has 0 atom stereocenters. The van der Waals surface area contributed by atoms with Gasteiger partial charge in [0, 0.05) is 10.7 Å². The molecule has 0 saturated heterocycles. The van der Waals surface area contributed by atoms with Gasteiger partial charge in [-0.25, -0.2) is 0 Å². The van der Waals surface area contributed by atoms with Crippen LogP contribution in [0.15, 0.2) is 52.9 Å². The van der Waals surface area contributed by atoms with Gasteiger partial charge in [-0.1, -0.05) is 48.0 Å². The zero-order valence-electron chi connectivity index (χ0n) is 12.4. The molecule has 0 unspecified atom stereocenters. The molecule has 0 aliphatic rings. The van der Waals surface area contributed by atoms with Crippen LogP contribution in [0.3, 0.4) is 0 Å². The maximum absolute atomic E-state index is 12.1. The number of amides is 1. The van der Waals surface area contributed by atoms with E-state index in [-0.39, 0.29) is 5.89 Å². The summed E-state index contributed by atoms with van der Waals surface area (Å²) in [4.78, 5) is 12.1. The van der Waals surface area contributed by atoms with E-state index in [1.54, 1.807) is 12.1 Å². The second-order valence-electron chi connectivity index (χ2n) is 5.08. The Morgan fingerprint density at radius 1 is 1.17 bits per heavy atom. The molecular weight excluding hydrogens is 314 g/mol. The van der Waals surface area contributed by atoms with Crippen LogP contribution in [0.5, 0.6) is 0 Å². The molecule has 1 N–H and O–H groups in total. The Labute approximate surface area is 138 Å². The zero-order chi connectivity index (χ0) is 16.2. The van der Waals surface area contributed by atoms with Gasteiger partial charge in [-0.15, -0.1) is 10.2 Å². The third kappa shape index (κ3) is 3.76. The number of nitrogens with one attached hydrogen (secondary N) is 1. The molecular formula is C17H14ClN3O2. The van der Waals surface area contributed by atoms with Crippen molar-refractivity contribution >= 4 is 23.2 Å². The summed E-state index contributed by atoms with van der Waals surface area (Å²) in [5.41, 5.74) is 2.55. The molecule has 6 heteroatoms. The van der Waals surface area contributed by atoms with Gasteiger partial charge in [0.2, 0.25) is 5.89 Å². The Bertz CT molecular complexity index is 831. The SMILES string of the molecule is Cc1ccc(NC(=O)c2nnc(Cc3ccccc3)o2)cc1Cl. The van der Waals surface area contributed by atoms with Crippen molar-refractivity contribution in [2.24, 2.45) is 0 Å². The number of carbonyl (C=O) groups excluding carboxylic acids is 1. The summed E-state index contributed by atoms with van der Waals surface area (Å²) >= 11 is 6.03. The highest BCUT2D eigenvalue weighted by atomic mass is 35.5. The van der Waals surface area contributed by atoms with Crippen molar-refractivity contribution < 1.29 is 9.21 Å². The molecule has 0 fully saturated rings. The van der Waals surface area contributed by atoms with Gasteiger partial charge in [0.15, 0.2) is 0 Å². The molecule has 3 aromatic rings. The van der Waals surface area contributed by atoms with E-state index in [1.165, 1.54) is 0 Å². The standard InChI is InChI=1S/C17H14ClN3O2/c1-11-7-8-13(10-14(11)18)19-16(22)17-21-20-15(23-17)9-12-5-3-2-4-6-12/h2-8,10H,9H2,1H3,(H,19,22). The number of carbonyl (C=O) groups is 1. The van der Waals surface area contributed by atoms with Crippen molar-refractivity contribution in [3.63, 3.8) is 0 Å². The lowest BCUT2D eigenvalue weighted by Crippen LogP contribution is -2.12. The molecule has 0 radical (unpaired) electrons. The van der Waals surface area contributed by atoms with Gasteiger partial charge in [-0.05, 0) is 30.2 Å². The van der Waals surface area contributed by atoms with E-state index in [0.717, 1.165) is 11.1 Å². The van der Waals surface area contributed by atoms with Crippen LogP contribution in [-0.2, 0) is 6.42 Å². The first-order valence-corrected chi connectivity index (χ1v) is 7.43. The molecule has 0 aliphatic carbocycles. The topological polar surface area (TPSA) is 68.0 Å². The summed E-state index contributed by atoms with van der Waals surface area (Å²) in [7, 11) is 0. The summed E-state index contributed by atoms with van der Waals surface area (Å²) < 4.78 is 5.41. The fourth-order valence-corrected chi connectivity index (χ4v) is 2.22.